The van der Waals surface area contributed by atoms with Gasteiger partial charge in [-0.2, -0.15) is 13.2 Å². The summed E-state index contributed by atoms with van der Waals surface area (Å²) in [6.45, 7) is -2.29. The third-order valence-electron chi connectivity index (χ3n) is 1.88. The van der Waals surface area contributed by atoms with Gasteiger partial charge in [0.05, 0.1) is 0 Å². The number of alkyl halides is 4. The molecule has 1 rings (SSSR count). The van der Waals surface area contributed by atoms with Gasteiger partial charge >= 0.3 is 6.18 Å². The maximum Gasteiger partial charge on any atom is 0.422 e. The van der Waals surface area contributed by atoms with E-state index < -0.39 is 25.4 Å². The minimum absolute atomic E-state index is 0.0692. The van der Waals surface area contributed by atoms with E-state index in [1.807, 2.05) is 0 Å². The summed E-state index contributed by atoms with van der Waals surface area (Å²) in [5.41, 5.74) is 0.114. The number of carbonyl (C=O) groups excluding carboxylic acids is 1. The highest BCUT2D eigenvalue weighted by atomic mass is 19.4. The van der Waals surface area contributed by atoms with Gasteiger partial charge < -0.3 is 10.1 Å². The molecule has 0 bridgehead atoms. The molecule has 18 heavy (non-hydrogen) atoms. The van der Waals surface area contributed by atoms with Crippen molar-refractivity contribution in [3.8, 4) is 5.75 Å². The number of rotatable bonds is 5. The highest BCUT2D eigenvalue weighted by Gasteiger charge is 2.28. The Morgan fingerprint density at radius 1 is 1.33 bits per heavy atom. The molecule has 0 saturated heterocycles. The molecular weight excluding hydrogens is 254 g/mol. The molecule has 1 aromatic carbocycles. The summed E-state index contributed by atoms with van der Waals surface area (Å²) in [6, 6.07) is 5.25. The largest absolute Gasteiger partial charge is 0.484 e. The van der Waals surface area contributed by atoms with E-state index in [-0.39, 0.29) is 17.9 Å². The van der Waals surface area contributed by atoms with E-state index in [9.17, 15) is 22.4 Å². The van der Waals surface area contributed by atoms with Crippen molar-refractivity contribution in [3.05, 3.63) is 29.8 Å². The molecule has 0 aliphatic carbocycles. The fourth-order valence-electron chi connectivity index (χ4n) is 1.16. The van der Waals surface area contributed by atoms with Gasteiger partial charge in [0.15, 0.2) is 6.61 Å². The van der Waals surface area contributed by atoms with Crippen LogP contribution < -0.4 is 10.1 Å². The van der Waals surface area contributed by atoms with Crippen LogP contribution in [0.5, 0.6) is 5.75 Å². The zero-order valence-corrected chi connectivity index (χ0v) is 9.26. The van der Waals surface area contributed by atoms with Gasteiger partial charge in [-0.15, -0.1) is 0 Å². The molecular formula is C11H11F4NO2. The third-order valence-corrected chi connectivity index (χ3v) is 1.88. The van der Waals surface area contributed by atoms with Gasteiger partial charge in [0.2, 0.25) is 0 Å². The maximum absolute atomic E-state index is 11.9. The number of benzene rings is 1. The van der Waals surface area contributed by atoms with Crippen LogP contribution in [-0.4, -0.2) is 31.9 Å². The van der Waals surface area contributed by atoms with E-state index >= 15 is 0 Å². The smallest absolute Gasteiger partial charge is 0.422 e. The Balaban J connectivity index is 2.64. The number of halogens is 4. The van der Waals surface area contributed by atoms with Gasteiger partial charge in [-0.1, -0.05) is 6.07 Å². The zero-order chi connectivity index (χ0) is 13.6. The van der Waals surface area contributed by atoms with Gasteiger partial charge in [0.1, 0.15) is 12.4 Å². The maximum atomic E-state index is 11.9. The predicted molar refractivity (Wildman–Crippen MR) is 56.3 cm³/mol. The van der Waals surface area contributed by atoms with E-state index in [1.165, 1.54) is 24.3 Å². The lowest BCUT2D eigenvalue weighted by Crippen LogP contribution is -2.25. The molecule has 0 atom stereocenters. The molecule has 100 valence electrons. The quantitative estimate of drug-likeness (QED) is 0.830. The molecule has 0 heterocycles. The fourth-order valence-corrected chi connectivity index (χ4v) is 1.16. The van der Waals surface area contributed by atoms with Gasteiger partial charge in [0.25, 0.3) is 5.91 Å². The van der Waals surface area contributed by atoms with E-state index in [2.05, 4.69) is 10.1 Å². The van der Waals surface area contributed by atoms with Gasteiger partial charge in [-0.25, -0.2) is 4.39 Å². The summed E-state index contributed by atoms with van der Waals surface area (Å²) in [6.07, 6.45) is -4.44. The third kappa shape index (κ3) is 5.03. The van der Waals surface area contributed by atoms with Crippen LogP contribution in [0, 0.1) is 0 Å². The molecule has 0 fully saturated rings. The Hall–Kier alpha value is -1.79. The summed E-state index contributed by atoms with van der Waals surface area (Å²) >= 11 is 0. The van der Waals surface area contributed by atoms with E-state index in [4.69, 9.17) is 0 Å². The lowest BCUT2D eigenvalue weighted by molar-refractivity contribution is -0.153. The van der Waals surface area contributed by atoms with Crippen molar-refractivity contribution >= 4 is 5.91 Å². The van der Waals surface area contributed by atoms with E-state index in [0.29, 0.717) is 0 Å². The predicted octanol–water partition coefficient (Wildman–Crippen LogP) is 2.33. The lowest BCUT2D eigenvalue weighted by atomic mass is 10.2. The molecule has 7 heteroatoms. The second-order valence-electron chi connectivity index (χ2n) is 3.38. The molecule has 0 saturated carbocycles. The first-order valence-electron chi connectivity index (χ1n) is 5.06. The average molecular weight is 265 g/mol. The van der Waals surface area contributed by atoms with Gasteiger partial charge in [0, 0.05) is 12.1 Å². The highest BCUT2D eigenvalue weighted by molar-refractivity contribution is 5.94. The molecule has 0 aromatic heterocycles. The molecule has 1 aromatic rings. The summed E-state index contributed by atoms with van der Waals surface area (Å²) in [5.74, 6) is -0.634. The number of nitrogens with one attached hydrogen (secondary N) is 1. The van der Waals surface area contributed by atoms with Crippen LogP contribution in [-0.2, 0) is 0 Å². The van der Waals surface area contributed by atoms with Crippen LogP contribution >= 0.6 is 0 Å². The van der Waals surface area contributed by atoms with E-state index in [1.54, 1.807) is 0 Å². The van der Waals surface area contributed by atoms with Crippen LogP contribution in [0.25, 0.3) is 0 Å². The van der Waals surface area contributed by atoms with Crippen LogP contribution in [0.3, 0.4) is 0 Å². The van der Waals surface area contributed by atoms with Crippen molar-refractivity contribution in [1.82, 2.24) is 5.32 Å². The molecule has 1 amide bonds. The van der Waals surface area contributed by atoms with Crippen LogP contribution in [0.15, 0.2) is 24.3 Å². The van der Waals surface area contributed by atoms with Crippen LogP contribution in [0.2, 0.25) is 0 Å². The van der Waals surface area contributed by atoms with Gasteiger partial charge in [-0.05, 0) is 18.2 Å². The number of amides is 1. The first kappa shape index (κ1) is 14.3. The molecule has 0 aliphatic heterocycles. The second-order valence-corrected chi connectivity index (χ2v) is 3.38. The molecule has 3 nitrogen and oxygen atoms in total. The SMILES string of the molecule is O=C(NCCF)c1cccc(OCC(F)(F)F)c1. The number of carbonyl (C=O) groups is 1. The Kier molecular flexibility index (Phi) is 4.94. The van der Waals surface area contributed by atoms with Crippen LogP contribution in [0.1, 0.15) is 10.4 Å². The first-order valence-corrected chi connectivity index (χ1v) is 5.06. The Labute approximate surface area is 101 Å². The monoisotopic (exact) mass is 265 g/mol. The molecule has 0 spiro atoms. The molecule has 0 radical (unpaired) electrons. The number of hydrogen-bond donors (Lipinski definition) is 1. The molecule has 1 N–H and O–H groups in total. The normalized spacial score (nSPS) is 11.1. The Morgan fingerprint density at radius 2 is 2.06 bits per heavy atom. The van der Waals surface area contributed by atoms with Crippen molar-refractivity contribution in [2.75, 3.05) is 19.8 Å². The Morgan fingerprint density at radius 3 is 2.67 bits per heavy atom. The topological polar surface area (TPSA) is 38.3 Å². The summed E-state index contributed by atoms with van der Waals surface area (Å²) in [4.78, 5) is 11.4. The van der Waals surface area contributed by atoms with Crippen molar-refractivity contribution in [1.29, 1.82) is 0 Å². The minimum atomic E-state index is -4.44. The standard InChI is InChI=1S/C11H11F4NO2/c12-4-5-16-10(17)8-2-1-3-9(6-8)18-7-11(13,14)15/h1-3,6H,4-5,7H2,(H,16,17). The average Bonchev–Trinajstić information content (AvgIpc) is 2.33. The van der Waals surface area contributed by atoms with E-state index in [0.717, 1.165) is 0 Å². The fraction of sp³-hybridized carbons (Fsp3) is 0.364. The number of ether oxygens (including phenoxy) is 1. The van der Waals surface area contributed by atoms with Crippen molar-refractivity contribution in [2.45, 2.75) is 6.18 Å². The van der Waals surface area contributed by atoms with Crippen molar-refractivity contribution in [3.63, 3.8) is 0 Å². The first-order chi connectivity index (χ1) is 8.42. The Bertz CT molecular complexity index is 406. The lowest BCUT2D eigenvalue weighted by Gasteiger charge is -2.10. The zero-order valence-electron chi connectivity index (χ0n) is 9.26. The second kappa shape index (κ2) is 6.23. The highest BCUT2D eigenvalue weighted by Crippen LogP contribution is 2.19. The van der Waals surface area contributed by atoms with Crippen LogP contribution in [0.4, 0.5) is 17.6 Å². The van der Waals surface area contributed by atoms with Gasteiger partial charge in [-0.3, -0.25) is 4.79 Å². The van der Waals surface area contributed by atoms with Crippen molar-refractivity contribution in [2.24, 2.45) is 0 Å². The number of hydrogen-bond acceptors (Lipinski definition) is 2. The summed E-state index contributed by atoms with van der Waals surface area (Å²) in [7, 11) is 0. The summed E-state index contributed by atoms with van der Waals surface area (Å²) < 4.78 is 52.1. The summed E-state index contributed by atoms with van der Waals surface area (Å²) in [5, 5.41) is 2.26. The van der Waals surface area contributed by atoms with Crippen molar-refractivity contribution < 1.29 is 27.1 Å². The minimum Gasteiger partial charge on any atom is -0.484 e. The molecule has 0 unspecified atom stereocenters. The molecule has 0 aliphatic rings.